The first kappa shape index (κ1) is 16.4. The summed E-state index contributed by atoms with van der Waals surface area (Å²) in [7, 11) is 0. The lowest BCUT2D eigenvalue weighted by atomic mass is 10.0. The van der Waals surface area contributed by atoms with Crippen molar-refractivity contribution in [1.29, 1.82) is 0 Å². The standard InChI is InChI=1S/C15H16BrF2NOS/c1-2-8-19-13(14-12(16)7-9-21-14)10-3-5-11(6-4-10)20-15(17)18/h3-7,9,13,15,19H,2,8H2,1H3. The van der Waals surface area contributed by atoms with Gasteiger partial charge < -0.3 is 10.1 Å². The maximum Gasteiger partial charge on any atom is 0.387 e. The lowest BCUT2D eigenvalue weighted by molar-refractivity contribution is -0.0498. The largest absolute Gasteiger partial charge is 0.435 e. The number of hydrogen-bond acceptors (Lipinski definition) is 3. The Balaban J connectivity index is 2.22. The average molecular weight is 376 g/mol. The fourth-order valence-corrected chi connectivity index (χ4v) is 3.71. The Kier molecular flexibility index (Phi) is 6.14. The van der Waals surface area contributed by atoms with Gasteiger partial charge in [0.2, 0.25) is 0 Å². The van der Waals surface area contributed by atoms with E-state index in [1.807, 2.05) is 23.6 Å². The lowest BCUT2D eigenvalue weighted by Crippen LogP contribution is -2.22. The molecule has 1 aromatic carbocycles. The van der Waals surface area contributed by atoms with Crippen LogP contribution in [0.2, 0.25) is 0 Å². The summed E-state index contributed by atoms with van der Waals surface area (Å²) in [5.74, 6) is 0.174. The smallest absolute Gasteiger partial charge is 0.387 e. The molecule has 114 valence electrons. The second-order valence-corrected chi connectivity index (χ2v) is 6.27. The Morgan fingerprint density at radius 1 is 1.24 bits per heavy atom. The molecular formula is C15H16BrF2NOS. The van der Waals surface area contributed by atoms with E-state index >= 15 is 0 Å². The first-order valence-electron chi connectivity index (χ1n) is 6.63. The van der Waals surface area contributed by atoms with Crippen LogP contribution in [0, 0.1) is 0 Å². The molecule has 2 nitrogen and oxygen atoms in total. The van der Waals surface area contributed by atoms with E-state index in [4.69, 9.17) is 0 Å². The van der Waals surface area contributed by atoms with E-state index in [0.29, 0.717) is 0 Å². The molecule has 0 spiro atoms. The molecule has 0 saturated heterocycles. The first-order valence-corrected chi connectivity index (χ1v) is 8.30. The first-order chi connectivity index (χ1) is 10.1. The second-order valence-electron chi connectivity index (χ2n) is 4.47. The molecular weight excluding hydrogens is 360 g/mol. The van der Waals surface area contributed by atoms with Crippen molar-refractivity contribution >= 4 is 27.3 Å². The summed E-state index contributed by atoms with van der Waals surface area (Å²) in [5, 5.41) is 5.50. The molecule has 2 aromatic rings. The monoisotopic (exact) mass is 375 g/mol. The van der Waals surface area contributed by atoms with E-state index in [0.717, 1.165) is 23.0 Å². The molecule has 2 rings (SSSR count). The molecule has 0 radical (unpaired) electrons. The van der Waals surface area contributed by atoms with Crippen LogP contribution in [-0.2, 0) is 0 Å². The van der Waals surface area contributed by atoms with Gasteiger partial charge in [0, 0.05) is 9.35 Å². The molecule has 0 aliphatic rings. The minimum Gasteiger partial charge on any atom is -0.435 e. The van der Waals surface area contributed by atoms with Crippen LogP contribution in [0.4, 0.5) is 8.78 Å². The number of alkyl halides is 2. The number of hydrogen-bond donors (Lipinski definition) is 1. The Morgan fingerprint density at radius 3 is 2.48 bits per heavy atom. The maximum atomic E-state index is 12.2. The van der Waals surface area contributed by atoms with Gasteiger partial charge in [0.15, 0.2) is 0 Å². The van der Waals surface area contributed by atoms with Gasteiger partial charge in [0.1, 0.15) is 5.75 Å². The molecule has 21 heavy (non-hydrogen) atoms. The summed E-state index contributed by atoms with van der Waals surface area (Å²) in [6, 6.07) is 8.83. The van der Waals surface area contributed by atoms with Crippen LogP contribution in [-0.4, -0.2) is 13.2 Å². The van der Waals surface area contributed by atoms with E-state index in [-0.39, 0.29) is 11.8 Å². The Bertz CT molecular complexity index is 559. The molecule has 6 heteroatoms. The van der Waals surface area contributed by atoms with Gasteiger partial charge in [-0.25, -0.2) is 0 Å². The maximum absolute atomic E-state index is 12.2. The number of benzene rings is 1. The van der Waals surface area contributed by atoms with Crippen molar-refractivity contribution in [2.24, 2.45) is 0 Å². The second kappa shape index (κ2) is 7.87. The topological polar surface area (TPSA) is 21.3 Å². The summed E-state index contributed by atoms with van der Waals surface area (Å²) >= 11 is 5.21. The zero-order chi connectivity index (χ0) is 15.2. The third kappa shape index (κ3) is 4.49. The van der Waals surface area contributed by atoms with E-state index in [1.54, 1.807) is 23.5 Å². The quantitative estimate of drug-likeness (QED) is 0.717. The van der Waals surface area contributed by atoms with Crippen LogP contribution in [0.25, 0.3) is 0 Å². The van der Waals surface area contributed by atoms with Gasteiger partial charge in [0.05, 0.1) is 6.04 Å². The highest BCUT2D eigenvalue weighted by molar-refractivity contribution is 9.10. The van der Waals surface area contributed by atoms with Crippen LogP contribution < -0.4 is 10.1 Å². The number of halogens is 3. The predicted octanol–water partition coefficient (Wildman–Crippen LogP) is 5.20. The molecule has 1 unspecified atom stereocenters. The zero-order valence-electron chi connectivity index (χ0n) is 11.5. The predicted molar refractivity (Wildman–Crippen MR) is 85.2 cm³/mol. The zero-order valence-corrected chi connectivity index (χ0v) is 13.9. The Morgan fingerprint density at radius 2 is 1.95 bits per heavy atom. The summed E-state index contributed by atoms with van der Waals surface area (Å²) in [6.07, 6.45) is 1.02. The van der Waals surface area contributed by atoms with Crippen molar-refractivity contribution in [1.82, 2.24) is 5.32 Å². The molecule has 0 aliphatic carbocycles. The number of ether oxygens (including phenoxy) is 1. The molecule has 0 fully saturated rings. The van der Waals surface area contributed by atoms with E-state index in [9.17, 15) is 8.78 Å². The van der Waals surface area contributed by atoms with Crippen molar-refractivity contribution in [3.8, 4) is 5.75 Å². The highest BCUT2D eigenvalue weighted by Crippen LogP contribution is 2.33. The van der Waals surface area contributed by atoms with Gasteiger partial charge >= 0.3 is 6.61 Å². The van der Waals surface area contributed by atoms with E-state index < -0.39 is 6.61 Å². The summed E-state index contributed by atoms with van der Waals surface area (Å²) in [6.45, 7) is 0.188. The van der Waals surface area contributed by atoms with E-state index in [1.165, 1.54) is 4.88 Å². The normalized spacial score (nSPS) is 12.6. The van der Waals surface area contributed by atoms with Crippen molar-refractivity contribution in [3.05, 3.63) is 50.6 Å². The van der Waals surface area contributed by atoms with Crippen molar-refractivity contribution in [2.75, 3.05) is 6.54 Å². The van der Waals surface area contributed by atoms with Gasteiger partial charge in [-0.15, -0.1) is 11.3 Å². The fraction of sp³-hybridized carbons (Fsp3) is 0.333. The summed E-state index contributed by atoms with van der Waals surface area (Å²) in [5.41, 5.74) is 1.02. The van der Waals surface area contributed by atoms with E-state index in [2.05, 4.69) is 32.9 Å². The summed E-state index contributed by atoms with van der Waals surface area (Å²) in [4.78, 5) is 1.17. The highest BCUT2D eigenvalue weighted by Gasteiger charge is 2.17. The minimum absolute atomic E-state index is 0.0416. The van der Waals surface area contributed by atoms with Gasteiger partial charge in [-0.2, -0.15) is 8.78 Å². The van der Waals surface area contributed by atoms with Crippen LogP contribution in [0.5, 0.6) is 5.75 Å². The molecule has 1 aromatic heterocycles. The Labute approximate surface area is 135 Å². The van der Waals surface area contributed by atoms with Crippen LogP contribution in [0.15, 0.2) is 40.2 Å². The molecule has 0 amide bonds. The average Bonchev–Trinajstić information content (AvgIpc) is 2.87. The molecule has 1 heterocycles. The van der Waals surface area contributed by atoms with Crippen LogP contribution in [0.1, 0.15) is 29.8 Å². The third-order valence-corrected chi connectivity index (χ3v) is 4.88. The molecule has 0 saturated carbocycles. The van der Waals surface area contributed by atoms with Crippen LogP contribution in [0.3, 0.4) is 0 Å². The number of rotatable bonds is 7. The molecule has 0 aliphatic heterocycles. The van der Waals surface area contributed by atoms with Crippen LogP contribution >= 0.6 is 27.3 Å². The number of nitrogens with one attached hydrogen (secondary N) is 1. The van der Waals surface area contributed by atoms with Crippen molar-refractivity contribution in [3.63, 3.8) is 0 Å². The SMILES string of the molecule is CCCNC(c1ccc(OC(F)F)cc1)c1sccc1Br. The minimum atomic E-state index is -2.80. The van der Waals surface area contributed by atoms with Gasteiger partial charge in [0.25, 0.3) is 0 Å². The number of thiophene rings is 1. The molecule has 1 atom stereocenters. The van der Waals surface area contributed by atoms with Crippen molar-refractivity contribution in [2.45, 2.75) is 26.0 Å². The molecule has 0 bridgehead atoms. The van der Waals surface area contributed by atoms with Gasteiger partial charge in [-0.1, -0.05) is 19.1 Å². The van der Waals surface area contributed by atoms with Gasteiger partial charge in [-0.05, 0) is 58.0 Å². The summed E-state index contributed by atoms with van der Waals surface area (Å²) < 4.78 is 29.8. The Hall–Kier alpha value is -0.980. The van der Waals surface area contributed by atoms with Crippen molar-refractivity contribution < 1.29 is 13.5 Å². The third-order valence-electron chi connectivity index (χ3n) is 2.94. The van der Waals surface area contributed by atoms with Gasteiger partial charge in [-0.3, -0.25) is 0 Å². The fourth-order valence-electron chi connectivity index (χ4n) is 2.00. The highest BCUT2D eigenvalue weighted by atomic mass is 79.9. The molecule has 1 N–H and O–H groups in total. The lowest BCUT2D eigenvalue weighted by Gasteiger charge is -2.19.